The minimum atomic E-state index is -0.402. The highest BCUT2D eigenvalue weighted by Crippen LogP contribution is 2.27. The first-order chi connectivity index (χ1) is 7.72. The number of thiocarbonyl (C=S) groups is 1. The van der Waals surface area contributed by atoms with Crippen LogP contribution in [0.3, 0.4) is 0 Å². The van der Waals surface area contributed by atoms with Crippen LogP contribution in [0.1, 0.15) is 12.5 Å². The molecule has 0 bridgehead atoms. The Morgan fingerprint density at radius 1 is 1.31 bits per heavy atom. The second-order valence-electron chi connectivity index (χ2n) is 3.62. The second kappa shape index (κ2) is 4.38. The van der Waals surface area contributed by atoms with Gasteiger partial charge in [-0.2, -0.15) is 5.26 Å². The number of nitrogens with zero attached hydrogens (tertiary/aromatic N) is 2. The molecule has 0 saturated heterocycles. The Bertz CT molecular complexity index is 521. The van der Waals surface area contributed by atoms with Gasteiger partial charge < -0.3 is 0 Å². The lowest BCUT2D eigenvalue weighted by Gasteiger charge is -2.17. The average molecular weight is 226 g/mol. The largest absolute Gasteiger partial charge is 0.245 e. The standard InChI is InChI=1S/C13H10N2S/c1-9-7-11(10-5-3-2-4-6-10)12(8-14)13(16)15-9/h2-7,12H,1H3/t12-/m1/s1. The molecule has 1 aliphatic heterocycles. The summed E-state index contributed by atoms with van der Waals surface area (Å²) in [7, 11) is 0. The molecule has 2 rings (SSSR count). The third kappa shape index (κ3) is 1.93. The van der Waals surface area contributed by atoms with Gasteiger partial charge in [-0.25, -0.2) is 4.99 Å². The van der Waals surface area contributed by atoms with Gasteiger partial charge in [0.2, 0.25) is 0 Å². The SMILES string of the molecule is CC1=NC(=S)[C@H](C#N)C(c2ccccc2)=C1. The molecular formula is C13H10N2S. The summed E-state index contributed by atoms with van der Waals surface area (Å²) in [5.41, 5.74) is 2.83. The summed E-state index contributed by atoms with van der Waals surface area (Å²) in [5.74, 6) is -0.402. The summed E-state index contributed by atoms with van der Waals surface area (Å²) in [5, 5.41) is 9.13. The van der Waals surface area contributed by atoms with Crippen LogP contribution >= 0.6 is 12.2 Å². The van der Waals surface area contributed by atoms with Crippen molar-refractivity contribution < 1.29 is 0 Å². The van der Waals surface area contributed by atoms with Crippen molar-refractivity contribution in [3.63, 3.8) is 0 Å². The lowest BCUT2D eigenvalue weighted by atomic mass is 9.90. The Morgan fingerprint density at radius 2 is 2.00 bits per heavy atom. The molecule has 0 unspecified atom stereocenters. The molecule has 16 heavy (non-hydrogen) atoms. The van der Waals surface area contributed by atoms with Crippen LogP contribution in [0.4, 0.5) is 0 Å². The van der Waals surface area contributed by atoms with Crippen molar-refractivity contribution in [1.82, 2.24) is 0 Å². The summed E-state index contributed by atoms with van der Waals surface area (Å²) >= 11 is 5.13. The number of hydrogen-bond donors (Lipinski definition) is 0. The topological polar surface area (TPSA) is 36.1 Å². The van der Waals surface area contributed by atoms with E-state index in [1.807, 2.05) is 43.3 Å². The van der Waals surface area contributed by atoms with Crippen molar-refractivity contribution in [3.05, 3.63) is 42.0 Å². The molecule has 1 aliphatic rings. The average Bonchev–Trinajstić information content (AvgIpc) is 2.29. The summed E-state index contributed by atoms with van der Waals surface area (Å²) in [6.07, 6.45) is 1.93. The van der Waals surface area contributed by atoms with Gasteiger partial charge in [0.15, 0.2) is 0 Å². The fourth-order valence-corrected chi connectivity index (χ4v) is 2.04. The van der Waals surface area contributed by atoms with Crippen LogP contribution in [0.15, 0.2) is 41.4 Å². The van der Waals surface area contributed by atoms with Crippen molar-refractivity contribution in [1.29, 1.82) is 5.26 Å². The van der Waals surface area contributed by atoms with E-state index in [0.717, 1.165) is 16.8 Å². The molecule has 0 amide bonds. The molecule has 0 aromatic heterocycles. The number of aliphatic imine (C=N–C) groups is 1. The lowest BCUT2D eigenvalue weighted by molar-refractivity contribution is 1.16. The summed E-state index contributed by atoms with van der Waals surface area (Å²) in [4.78, 5) is 4.62. The lowest BCUT2D eigenvalue weighted by Crippen LogP contribution is -2.16. The number of allylic oxidation sites excluding steroid dienone is 1. The van der Waals surface area contributed by atoms with Gasteiger partial charge in [-0.1, -0.05) is 42.5 Å². The van der Waals surface area contributed by atoms with E-state index in [-0.39, 0.29) is 0 Å². The van der Waals surface area contributed by atoms with E-state index in [1.54, 1.807) is 0 Å². The van der Waals surface area contributed by atoms with Crippen LogP contribution in [0, 0.1) is 17.2 Å². The Morgan fingerprint density at radius 3 is 2.62 bits per heavy atom. The quantitative estimate of drug-likeness (QED) is 0.690. The second-order valence-corrected chi connectivity index (χ2v) is 4.04. The van der Waals surface area contributed by atoms with Crippen molar-refractivity contribution in [2.45, 2.75) is 6.92 Å². The van der Waals surface area contributed by atoms with Gasteiger partial charge in [-0.05, 0) is 24.1 Å². The van der Waals surface area contributed by atoms with Crippen molar-refractivity contribution in [2.24, 2.45) is 10.9 Å². The zero-order valence-electron chi connectivity index (χ0n) is 8.84. The monoisotopic (exact) mass is 226 g/mol. The molecule has 3 heteroatoms. The van der Waals surface area contributed by atoms with Gasteiger partial charge in [-0.3, -0.25) is 0 Å². The number of hydrogen-bond acceptors (Lipinski definition) is 2. The molecule has 1 atom stereocenters. The van der Waals surface area contributed by atoms with E-state index in [4.69, 9.17) is 17.5 Å². The molecule has 1 aromatic rings. The Labute approximate surface area is 99.9 Å². The number of rotatable bonds is 1. The van der Waals surface area contributed by atoms with E-state index < -0.39 is 5.92 Å². The molecule has 0 fully saturated rings. The van der Waals surface area contributed by atoms with Crippen LogP contribution in [-0.4, -0.2) is 10.7 Å². The first kappa shape index (κ1) is 10.7. The normalized spacial score (nSPS) is 19.8. The zero-order chi connectivity index (χ0) is 11.5. The zero-order valence-corrected chi connectivity index (χ0v) is 9.66. The maximum Gasteiger partial charge on any atom is 0.125 e. The van der Waals surface area contributed by atoms with E-state index >= 15 is 0 Å². The molecule has 0 radical (unpaired) electrons. The van der Waals surface area contributed by atoms with Gasteiger partial charge in [-0.15, -0.1) is 0 Å². The minimum absolute atomic E-state index is 0.402. The molecule has 1 heterocycles. The van der Waals surface area contributed by atoms with E-state index in [1.165, 1.54) is 0 Å². The Kier molecular flexibility index (Phi) is 2.93. The van der Waals surface area contributed by atoms with Gasteiger partial charge in [0.1, 0.15) is 10.9 Å². The molecule has 0 saturated carbocycles. The molecule has 0 spiro atoms. The molecule has 2 nitrogen and oxygen atoms in total. The highest BCUT2D eigenvalue weighted by molar-refractivity contribution is 7.80. The predicted molar refractivity (Wildman–Crippen MR) is 69.2 cm³/mol. The predicted octanol–water partition coefficient (Wildman–Crippen LogP) is 3.01. The highest BCUT2D eigenvalue weighted by atomic mass is 32.1. The van der Waals surface area contributed by atoms with Crippen LogP contribution in [0.25, 0.3) is 5.57 Å². The number of dihydropyridines is 1. The van der Waals surface area contributed by atoms with Gasteiger partial charge >= 0.3 is 0 Å². The number of nitriles is 1. The maximum atomic E-state index is 9.13. The van der Waals surface area contributed by atoms with Gasteiger partial charge in [0.25, 0.3) is 0 Å². The van der Waals surface area contributed by atoms with Crippen LogP contribution in [-0.2, 0) is 0 Å². The van der Waals surface area contributed by atoms with E-state index in [0.29, 0.717) is 4.99 Å². The third-order valence-corrected chi connectivity index (χ3v) is 2.77. The van der Waals surface area contributed by atoms with Crippen LogP contribution in [0.5, 0.6) is 0 Å². The first-order valence-corrected chi connectivity index (χ1v) is 5.39. The fourth-order valence-electron chi connectivity index (χ4n) is 1.72. The Balaban J connectivity index is 2.51. The molecule has 78 valence electrons. The van der Waals surface area contributed by atoms with Crippen molar-refractivity contribution in [3.8, 4) is 6.07 Å². The van der Waals surface area contributed by atoms with Gasteiger partial charge in [0.05, 0.1) is 6.07 Å². The smallest absolute Gasteiger partial charge is 0.125 e. The summed E-state index contributed by atoms with van der Waals surface area (Å²) in [6.45, 7) is 1.89. The maximum absolute atomic E-state index is 9.13. The van der Waals surface area contributed by atoms with Crippen molar-refractivity contribution >= 4 is 28.5 Å². The fraction of sp³-hybridized carbons (Fsp3) is 0.154. The number of benzene rings is 1. The molecule has 1 aromatic carbocycles. The van der Waals surface area contributed by atoms with E-state index in [2.05, 4.69) is 11.1 Å². The summed E-state index contributed by atoms with van der Waals surface area (Å²) < 4.78 is 0. The molecule has 0 N–H and O–H groups in total. The van der Waals surface area contributed by atoms with Gasteiger partial charge in [0, 0.05) is 5.71 Å². The minimum Gasteiger partial charge on any atom is -0.245 e. The highest BCUT2D eigenvalue weighted by Gasteiger charge is 2.23. The molecule has 0 aliphatic carbocycles. The Hall–Kier alpha value is -1.79. The first-order valence-electron chi connectivity index (χ1n) is 4.98. The van der Waals surface area contributed by atoms with Crippen molar-refractivity contribution in [2.75, 3.05) is 0 Å². The molecular weight excluding hydrogens is 216 g/mol. The van der Waals surface area contributed by atoms with Crippen LogP contribution in [0.2, 0.25) is 0 Å². The third-order valence-electron chi connectivity index (χ3n) is 2.45. The summed E-state index contributed by atoms with van der Waals surface area (Å²) in [6, 6.07) is 12.0. The van der Waals surface area contributed by atoms with Crippen LogP contribution < -0.4 is 0 Å². The van der Waals surface area contributed by atoms with E-state index in [9.17, 15) is 0 Å².